The molecule has 0 fully saturated rings. The summed E-state index contributed by atoms with van der Waals surface area (Å²) in [4.78, 5) is 11.6. The molecule has 17 heavy (non-hydrogen) atoms. The number of nitrogens with one attached hydrogen (secondary N) is 1. The Morgan fingerprint density at radius 2 is 1.94 bits per heavy atom. The summed E-state index contributed by atoms with van der Waals surface area (Å²) in [7, 11) is 0. The van der Waals surface area contributed by atoms with E-state index < -0.39 is 6.29 Å². The Balaban J connectivity index is 2.22. The minimum atomic E-state index is -3.66. The van der Waals surface area contributed by atoms with E-state index in [2.05, 4.69) is 14.8 Å². The molecule has 2 rings (SSSR count). The first-order valence-corrected chi connectivity index (χ1v) is 5.08. The lowest BCUT2D eigenvalue weighted by molar-refractivity contribution is -0.286. The normalized spacial score (nSPS) is 16.1. The molecule has 0 spiro atoms. The summed E-state index contributed by atoms with van der Waals surface area (Å²) in [5.41, 5.74) is 0.249. The molecule has 1 amide bonds. The van der Waals surface area contributed by atoms with E-state index in [4.69, 9.17) is 0 Å². The van der Waals surface area contributed by atoms with Gasteiger partial charge in [-0.3, -0.25) is 4.79 Å². The Bertz CT molecular complexity index is 460. The molecule has 0 atom stereocenters. The van der Waals surface area contributed by atoms with Crippen LogP contribution in [0.3, 0.4) is 0 Å². The number of benzene rings is 1. The van der Waals surface area contributed by atoms with Gasteiger partial charge >= 0.3 is 6.29 Å². The molecule has 92 valence electrons. The number of alkyl halides is 2. The fourth-order valence-electron chi connectivity index (χ4n) is 1.44. The van der Waals surface area contributed by atoms with Gasteiger partial charge in [-0.25, -0.2) is 0 Å². The lowest BCUT2D eigenvalue weighted by Gasteiger charge is -2.08. The summed E-state index contributed by atoms with van der Waals surface area (Å²) >= 11 is 0. The summed E-state index contributed by atoms with van der Waals surface area (Å²) in [6, 6.07) is 3.88. The van der Waals surface area contributed by atoms with Crippen LogP contribution >= 0.6 is 0 Å². The van der Waals surface area contributed by atoms with Crippen LogP contribution in [0.2, 0.25) is 0 Å². The fourth-order valence-corrected chi connectivity index (χ4v) is 1.44. The lowest BCUT2D eigenvalue weighted by atomic mass is 10.2. The number of carbonyl (C=O) groups is 1. The number of hydrogen-bond acceptors (Lipinski definition) is 3. The maximum Gasteiger partial charge on any atom is 0.586 e. The highest BCUT2D eigenvalue weighted by Gasteiger charge is 2.43. The van der Waals surface area contributed by atoms with Gasteiger partial charge in [0.05, 0.1) is 0 Å². The summed E-state index contributed by atoms with van der Waals surface area (Å²) in [6.07, 6.45) is -3.66. The van der Waals surface area contributed by atoms with E-state index in [1.54, 1.807) is 13.8 Å². The summed E-state index contributed by atoms with van der Waals surface area (Å²) in [5, 5.41) is 2.65. The van der Waals surface area contributed by atoms with Crippen molar-refractivity contribution in [3.63, 3.8) is 0 Å². The SMILES string of the molecule is CC(C)NC(=O)c1ccc2c(c1)OC(F)(F)O2. The van der Waals surface area contributed by atoms with Crippen LogP contribution < -0.4 is 14.8 Å². The molecule has 0 aromatic heterocycles. The van der Waals surface area contributed by atoms with Crippen molar-refractivity contribution in [2.45, 2.75) is 26.2 Å². The molecular weight excluding hydrogens is 232 g/mol. The summed E-state index contributed by atoms with van der Waals surface area (Å²) in [5.74, 6) is -0.552. The molecule has 0 radical (unpaired) electrons. The molecule has 0 unspecified atom stereocenters. The van der Waals surface area contributed by atoms with Gasteiger partial charge in [0.2, 0.25) is 0 Å². The maximum atomic E-state index is 12.7. The van der Waals surface area contributed by atoms with Gasteiger partial charge in [0.25, 0.3) is 5.91 Å². The van der Waals surface area contributed by atoms with Crippen molar-refractivity contribution >= 4 is 5.91 Å². The number of carbonyl (C=O) groups excluding carboxylic acids is 1. The van der Waals surface area contributed by atoms with Gasteiger partial charge in [-0.2, -0.15) is 0 Å². The minimum Gasteiger partial charge on any atom is -0.395 e. The molecule has 1 aliphatic heterocycles. The average Bonchev–Trinajstić information content (AvgIpc) is 2.48. The molecule has 6 heteroatoms. The number of rotatable bonds is 2. The molecule has 1 aromatic rings. The van der Waals surface area contributed by atoms with Crippen molar-refractivity contribution in [2.24, 2.45) is 0 Å². The molecule has 0 bridgehead atoms. The van der Waals surface area contributed by atoms with E-state index in [0.29, 0.717) is 0 Å². The molecular formula is C11H11F2NO3. The van der Waals surface area contributed by atoms with E-state index in [1.807, 2.05) is 0 Å². The second-order valence-corrected chi connectivity index (χ2v) is 3.96. The molecule has 1 aromatic carbocycles. The maximum absolute atomic E-state index is 12.7. The zero-order valence-electron chi connectivity index (χ0n) is 9.29. The first kappa shape index (κ1) is 11.6. The Morgan fingerprint density at radius 1 is 1.29 bits per heavy atom. The molecule has 1 heterocycles. The summed E-state index contributed by atoms with van der Waals surface area (Å²) < 4.78 is 33.9. The first-order chi connectivity index (χ1) is 7.87. The number of fused-ring (bicyclic) bond motifs is 1. The second kappa shape index (κ2) is 3.87. The highest BCUT2D eigenvalue weighted by atomic mass is 19.3. The van der Waals surface area contributed by atoms with Crippen molar-refractivity contribution in [2.75, 3.05) is 0 Å². The first-order valence-electron chi connectivity index (χ1n) is 5.08. The zero-order chi connectivity index (χ0) is 12.6. The van der Waals surface area contributed by atoms with Crippen molar-refractivity contribution in [1.29, 1.82) is 0 Å². The predicted molar refractivity (Wildman–Crippen MR) is 55.2 cm³/mol. The topological polar surface area (TPSA) is 47.6 Å². The van der Waals surface area contributed by atoms with Gasteiger partial charge in [-0.1, -0.05) is 0 Å². The Labute approximate surface area is 96.5 Å². The minimum absolute atomic E-state index is 0.0330. The van der Waals surface area contributed by atoms with Gasteiger partial charge in [-0.05, 0) is 32.0 Å². The van der Waals surface area contributed by atoms with Gasteiger partial charge < -0.3 is 14.8 Å². The fraction of sp³-hybridized carbons (Fsp3) is 0.364. The quantitative estimate of drug-likeness (QED) is 0.865. The highest BCUT2D eigenvalue weighted by Crippen LogP contribution is 2.41. The van der Waals surface area contributed by atoms with Crippen molar-refractivity contribution in [1.82, 2.24) is 5.32 Å². The van der Waals surface area contributed by atoms with Crippen LogP contribution in [0.1, 0.15) is 24.2 Å². The van der Waals surface area contributed by atoms with E-state index in [9.17, 15) is 13.6 Å². The van der Waals surface area contributed by atoms with Gasteiger partial charge in [0.15, 0.2) is 11.5 Å². The molecule has 0 saturated heterocycles. The Kier molecular flexibility index (Phi) is 2.65. The summed E-state index contributed by atoms with van der Waals surface area (Å²) in [6.45, 7) is 3.61. The van der Waals surface area contributed by atoms with Crippen LogP contribution in [0.25, 0.3) is 0 Å². The third kappa shape index (κ3) is 2.46. The number of hydrogen-bond donors (Lipinski definition) is 1. The van der Waals surface area contributed by atoms with E-state index >= 15 is 0 Å². The van der Waals surface area contributed by atoms with Crippen LogP contribution in [0, 0.1) is 0 Å². The average molecular weight is 243 g/mol. The largest absolute Gasteiger partial charge is 0.586 e. The van der Waals surface area contributed by atoms with Crippen LogP contribution in [-0.2, 0) is 0 Å². The van der Waals surface area contributed by atoms with Crippen LogP contribution in [-0.4, -0.2) is 18.2 Å². The highest BCUT2D eigenvalue weighted by molar-refractivity contribution is 5.95. The van der Waals surface area contributed by atoms with Crippen LogP contribution in [0.4, 0.5) is 8.78 Å². The Morgan fingerprint density at radius 3 is 2.59 bits per heavy atom. The van der Waals surface area contributed by atoms with Gasteiger partial charge in [-0.15, -0.1) is 8.78 Å². The third-order valence-corrected chi connectivity index (χ3v) is 2.08. The predicted octanol–water partition coefficient (Wildman–Crippen LogP) is 2.15. The molecule has 0 saturated carbocycles. The van der Waals surface area contributed by atoms with Gasteiger partial charge in [0.1, 0.15) is 0 Å². The van der Waals surface area contributed by atoms with E-state index in [1.165, 1.54) is 18.2 Å². The second-order valence-electron chi connectivity index (χ2n) is 3.96. The molecule has 1 aliphatic rings. The van der Waals surface area contributed by atoms with Crippen LogP contribution in [0.5, 0.6) is 11.5 Å². The van der Waals surface area contributed by atoms with Gasteiger partial charge in [0, 0.05) is 11.6 Å². The van der Waals surface area contributed by atoms with Crippen molar-refractivity contribution in [3.8, 4) is 11.5 Å². The number of halogens is 2. The zero-order valence-corrected chi connectivity index (χ0v) is 9.29. The lowest BCUT2D eigenvalue weighted by Crippen LogP contribution is -2.30. The van der Waals surface area contributed by atoms with Crippen molar-refractivity contribution < 1.29 is 23.0 Å². The van der Waals surface area contributed by atoms with E-state index in [0.717, 1.165) is 0 Å². The van der Waals surface area contributed by atoms with Crippen molar-refractivity contribution in [3.05, 3.63) is 23.8 Å². The monoisotopic (exact) mass is 243 g/mol. The number of ether oxygens (including phenoxy) is 2. The molecule has 1 N–H and O–H groups in total. The van der Waals surface area contributed by atoms with E-state index in [-0.39, 0.29) is 29.0 Å². The molecule has 0 aliphatic carbocycles. The Hall–Kier alpha value is -1.85. The van der Waals surface area contributed by atoms with Crippen LogP contribution in [0.15, 0.2) is 18.2 Å². The third-order valence-electron chi connectivity index (χ3n) is 2.08. The smallest absolute Gasteiger partial charge is 0.395 e. The molecule has 4 nitrogen and oxygen atoms in total. The standard InChI is InChI=1S/C11H11F2NO3/c1-6(2)14-10(15)7-3-4-8-9(5-7)17-11(12,13)16-8/h3-6H,1-2H3,(H,14,15). The number of amides is 1.